The lowest BCUT2D eigenvalue weighted by Crippen LogP contribution is -2.33. The zero-order valence-electron chi connectivity index (χ0n) is 11.9. The van der Waals surface area contributed by atoms with Gasteiger partial charge in [-0.1, -0.05) is 18.2 Å². The Labute approximate surface area is 124 Å². The molecule has 0 atom stereocenters. The molecule has 5 nitrogen and oxygen atoms in total. The molecule has 0 saturated heterocycles. The van der Waals surface area contributed by atoms with Gasteiger partial charge in [0.05, 0.1) is 17.9 Å². The van der Waals surface area contributed by atoms with E-state index in [1.54, 1.807) is 30.3 Å². The average molecular weight is 285 g/mol. The molecule has 0 aliphatic heterocycles. The Bertz CT molecular complexity index is 628. The fraction of sp³-hybridized carbons (Fsp3) is 0.188. The molecule has 2 aromatic rings. The minimum atomic E-state index is -0.155. The average Bonchev–Trinajstić information content (AvgIpc) is 2.47. The second-order valence-corrected chi connectivity index (χ2v) is 4.67. The number of nitrogens with zero attached hydrogens (tertiary/aromatic N) is 1. The van der Waals surface area contributed by atoms with Gasteiger partial charge in [0.1, 0.15) is 5.75 Å². The molecule has 2 rings (SSSR count). The first-order valence-corrected chi connectivity index (χ1v) is 6.78. The number of phenols is 1. The summed E-state index contributed by atoms with van der Waals surface area (Å²) >= 11 is 0. The van der Waals surface area contributed by atoms with Crippen molar-refractivity contribution >= 4 is 23.0 Å². The lowest BCUT2D eigenvalue weighted by Gasteiger charge is -2.22. The summed E-state index contributed by atoms with van der Waals surface area (Å²) in [6.45, 7) is 2.80. The normalized spacial score (nSPS) is 10.1. The van der Waals surface area contributed by atoms with Crippen LogP contribution in [0.3, 0.4) is 0 Å². The molecule has 0 bridgehead atoms. The summed E-state index contributed by atoms with van der Waals surface area (Å²) in [7, 11) is 0. The third kappa shape index (κ3) is 3.89. The Hall–Kier alpha value is -2.69. The predicted molar refractivity (Wildman–Crippen MR) is 85.5 cm³/mol. The number of carbonyl (C=O) groups excluding carboxylic acids is 1. The van der Waals surface area contributed by atoms with Gasteiger partial charge in [0.2, 0.25) is 5.91 Å². The highest BCUT2D eigenvalue weighted by Crippen LogP contribution is 2.20. The van der Waals surface area contributed by atoms with Crippen LogP contribution in [0.4, 0.5) is 17.1 Å². The van der Waals surface area contributed by atoms with E-state index in [0.29, 0.717) is 17.9 Å². The number of para-hydroxylation sites is 2. The molecule has 1 amide bonds. The van der Waals surface area contributed by atoms with E-state index in [0.717, 1.165) is 5.69 Å². The van der Waals surface area contributed by atoms with Crippen molar-refractivity contribution in [1.29, 1.82) is 0 Å². The molecule has 4 N–H and O–H groups in total. The van der Waals surface area contributed by atoms with Gasteiger partial charge in [-0.25, -0.2) is 0 Å². The third-order valence-corrected chi connectivity index (χ3v) is 3.15. The molecule has 21 heavy (non-hydrogen) atoms. The van der Waals surface area contributed by atoms with Crippen molar-refractivity contribution < 1.29 is 9.90 Å². The molecule has 0 aliphatic carbocycles. The maximum Gasteiger partial charge on any atom is 0.243 e. The van der Waals surface area contributed by atoms with E-state index in [1.807, 2.05) is 30.0 Å². The number of phenolic OH excluding ortho intramolecular Hbond substituents is 1. The van der Waals surface area contributed by atoms with Crippen molar-refractivity contribution in [3.05, 3.63) is 48.5 Å². The molecule has 0 heterocycles. The molecule has 0 aliphatic rings. The van der Waals surface area contributed by atoms with Crippen molar-refractivity contribution in [3.8, 4) is 5.75 Å². The summed E-state index contributed by atoms with van der Waals surface area (Å²) in [5.74, 6) is 0.0248. The lowest BCUT2D eigenvalue weighted by atomic mass is 10.2. The molecule has 110 valence electrons. The van der Waals surface area contributed by atoms with Gasteiger partial charge in [0, 0.05) is 18.3 Å². The summed E-state index contributed by atoms with van der Waals surface area (Å²) in [6.07, 6.45) is 0. The number of nitrogen functional groups attached to an aromatic ring is 1. The summed E-state index contributed by atoms with van der Waals surface area (Å²) in [5, 5.41) is 12.3. The Morgan fingerprint density at radius 2 is 2.00 bits per heavy atom. The van der Waals surface area contributed by atoms with Crippen LogP contribution in [-0.2, 0) is 4.79 Å². The van der Waals surface area contributed by atoms with Crippen LogP contribution in [0.15, 0.2) is 48.5 Å². The van der Waals surface area contributed by atoms with Crippen LogP contribution < -0.4 is 16.0 Å². The molecule has 0 aromatic heterocycles. The van der Waals surface area contributed by atoms with Crippen molar-refractivity contribution in [2.75, 3.05) is 29.0 Å². The van der Waals surface area contributed by atoms with Crippen molar-refractivity contribution in [3.63, 3.8) is 0 Å². The van der Waals surface area contributed by atoms with Crippen LogP contribution in [0.1, 0.15) is 6.92 Å². The minimum absolute atomic E-state index is 0.155. The van der Waals surface area contributed by atoms with Crippen LogP contribution in [0.25, 0.3) is 0 Å². The molecular weight excluding hydrogens is 266 g/mol. The first-order valence-electron chi connectivity index (χ1n) is 6.78. The smallest absolute Gasteiger partial charge is 0.243 e. The van der Waals surface area contributed by atoms with Gasteiger partial charge < -0.3 is 21.1 Å². The molecule has 0 fully saturated rings. The number of nitrogens with two attached hydrogens (primary N) is 1. The molecular formula is C16H19N3O2. The molecule has 0 radical (unpaired) electrons. The van der Waals surface area contributed by atoms with Gasteiger partial charge in [-0.15, -0.1) is 0 Å². The van der Waals surface area contributed by atoms with E-state index in [2.05, 4.69) is 5.32 Å². The van der Waals surface area contributed by atoms with E-state index in [-0.39, 0.29) is 18.2 Å². The highest BCUT2D eigenvalue weighted by atomic mass is 16.3. The summed E-state index contributed by atoms with van der Waals surface area (Å²) in [5.41, 5.74) is 7.74. The van der Waals surface area contributed by atoms with E-state index < -0.39 is 0 Å². The summed E-state index contributed by atoms with van der Waals surface area (Å²) < 4.78 is 0. The number of anilines is 3. The maximum absolute atomic E-state index is 12.1. The van der Waals surface area contributed by atoms with Crippen LogP contribution in [0, 0.1) is 0 Å². The number of benzene rings is 2. The number of hydrogen-bond donors (Lipinski definition) is 3. The zero-order valence-corrected chi connectivity index (χ0v) is 11.9. The second kappa shape index (κ2) is 6.65. The lowest BCUT2D eigenvalue weighted by molar-refractivity contribution is -0.115. The second-order valence-electron chi connectivity index (χ2n) is 4.67. The molecule has 2 aromatic carbocycles. The number of aromatic hydroxyl groups is 1. The monoisotopic (exact) mass is 285 g/mol. The van der Waals surface area contributed by atoms with Gasteiger partial charge in [0.25, 0.3) is 0 Å². The van der Waals surface area contributed by atoms with Gasteiger partial charge >= 0.3 is 0 Å². The molecule has 5 heteroatoms. The molecule has 0 spiro atoms. The first kappa shape index (κ1) is 14.7. The van der Waals surface area contributed by atoms with Crippen molar-refractivity contribution in [2.24, 2.45) is 0 Å². The standard InChI is InChI=1S/C16H19N3O2/c1-2-19(12-6-5-7-13(20)10-12)11-16(21)18-15-9-4-3-8-14(15)17/h3-10,20H,2,11,17H2,1H3,(H,18,21). The Kier molecular flexibility index (Phi) is 4.66. The minimum Gasteiger partial charge on any atom is -0.508 e. The van der Waals surface area contributed by atoms with Crippen molar-refractivity contribution in [2.45, 2.75) is 6.92 Å². The van der Waals surface area contributed by atoms with Crippen LogP contribution in [0.5, 0.6) is 5.75 Å². The number of rotatable bonds is 5. The number of carbonyl (C=O) groups is 1. The van der Waals surface area contributed by atoms with E-state index in [1.165, 1.54) is 0 Å². The maximum atomic E-state index is 12.1. The first-order chi connectivity index (χ1) is 10.1. The highest BCUT2D eigenvalue weighted by molar-refractivity contribution is 5.96. The number of hydrogen-bond acceptors (Lipinski definition) is 4. The van der Waals surface area contributed by atoms with Crippen molar-refractivity contribution in [1.82, 2.24) is 0 Å². The summed E-state index contributed by atoms with van der Waals surface area (Å²) in [4.78, 5) is 14.0. The molecule has 0 saturated carbocycles. The third-order valence-electron chi connectivity index (χ3n) is 3.15. The largest absolute Gasteiger partial charge is 0.508 e. The Morgan fingerprint density at radius 3 is 2.67 bits per heavy atom. The van der Waals surface area contributed by atoms with Gasteiger partial charge in [-0.2, -0.15) is 0 Å². The van der Waals surface area contributed by atoms with Crippen LogP contribution in [0.2, 0.25) is 0 Å². The summed E-state index contributed by atoms with van der Waals surface area (Å²) in [6, 6.07) is 14.0. The van der Waals surface area contributed by atoms with Gasteiger partial charge in [0.15, 0.2) is 0 Å². The zero-order chi connectivity index (χ0) is 15.2. The Morgan fingerprint density at radius 1 is 1.24 bits per heavy atom. The van der Waals surface area contributed by atoms with Gasteiger partial charge in [-0.3, -0.25) is 4.79 Å². The number of likely N-dealkylation sites (N-methyl/N-ethyl adjacent to an activating group) is 1. The number of amides is 1. The topological polar surface area (TPSA) is 78.6 Å². The fourth-order valence-electron chi connectivity index (χ4n) is 2.05. The SMILES string of the molecule is CCN(CC(=O)Nc1ccccc1N)c1cccc(O)c1. The highest BCUT2D eigenvalue weighted by Gasteiger charge is 2.11. The number of nitrogens with one attached hydrogen (secondary N) is 1. The Balaban J connectivity index is 2.05. The van der Waals surface area contributed by atoms with E-state index >= 15 is 0 Å². The quantitative estimate of drug-likeness (QED) is 0.737. The molecule has 0 unspecified atom stereocenters. The van der Waals surface area contributed by atoms with E-state index in [9.17, 15) is 9.90 Å². The predicted octanol–water partition coefficient (Wildman–Crippen LogP) is 2.44. The van der Waals surface area contributed by atoms with Crippen LogP contribution >= 0.6 is 0 Å². The van der Waals surface area contributed by atoms with Gasteiger partial charge in [-0.05, 0) is 31.2 Å². The fourth-order valence-corrected chi connectivity index (χ4v) is 2.05. The van der Waals surface area contributed by atoms with E-state index in [4.69, 9.17) is 5.73 Å². The van der Waals surface area contributed by atoms with Crippen LogP contribution in [-0.4, -0.2) is 24.1 Å².